The number of fused-ring (bicyclic) bond motifs is 1. The number of aromatic nitrogens is 2. The number of hydrogen-bond acceptors (Lipinski definition) is 4. The third-order valence-electron chi connectivity index (χ3n) is 5.09. The van der Waals surface area contributed by atoms with Gasteiger partial charge in [-0.15, -0.1) is 0 Å². The molecule has 5 heteroatoms. The lowest BCUT2D eigenvalue weighted by Crippen LogP contribution is -2.26. The van der Waals surface area contributed by atoms with Gasteiger partial charge in [0.25, 0.3) is 0 Å². The topological polar surface area (TPSA) is 95.6 Å². The van der Waals surface area contributed by atoms with Crippen LogP contribution < -0.4 is 5.73 Å². The van der Waals surface area contributed by atoms with Crippen LogP contribution >= 0.6 is 0 Å². The van der Waals surface area contributed by atoms with Crippen LogP contribution in [0.5, 0.6) is 0 Å². The van der Waals surface area contributed by atoms with Crippen LogP contribution in [-0.4, -0.2) is 15.8 Å². The number of nitrogens with two attached hydrogens (primary N) is 1. The van der Waals surface area contributed by atoms with E-state index >= 15 is 0 Å². The van der Waals surface area contributed by atoms with E-state index in [1.165, 1.54) is 0 Å². The van der Waals surface area contributed by atoms with E-state index in [-0.39, 0.29) is 11.2 Å². The maximum atomic E-state index is 13.1. The highest BCUT2D eigenvalue weighted by atomic mass is 16.1. The first-order chi connectivity index (χ1) is 12.9. The monoisotopic (exact) mass is 356 g/mol. The fourth-order valence-corrected chi connectivity index (χ4v) is 3.98. The standard InChI is InChI=1S/C22H20N4O/c1-22(2)10-16-19(17(27)11-22)20(18-14(12-23)4-3-5-15(18)24)21(26-16)13-6-8-25-9-7-13/h3-9,26H,10-11,24H2,1-2H3. The van der Waals surface area contributed by atoms with Crippen LogP contribution in [0.25, 0.3) is 22.4 Å². The number of anilines is 1. The van der Waals surface area contributed by atoms with Crippen LogP contribution in [0.2, 0.25) is 0 Å². The minimum atomic E-state index is -0.109. The average molecular weight is 356 g/mol. The number of carbonyl (C=O) groups excluding carboxylic acids is 1. The maximum Gasteiger partial charge on any atom is 0.165 e. The first-order valence-corrected chi connectivity index (χ1v) is 8.89. The van der Waals surface area contributed by atoms with Crippen LogP contribution in [0.4, 0.5) is 5.69 Å². The van der Waals surface area contributed by atoms with Crippen molar-refractivity contribution in [1.82, 2.24) is 9.97 Å². The van der Waals surface area contributed by atoms with Gasteiger partial charge in [0.05, 0.1) is 17.3 Å². The number of benzene rings is 1. The van der Waals surface area contributed by atoms with E-state index in [4.69, 9.17) is 5.73 Å². The van der Waals surface area contributed by atoms with Crippen molar-refractivity contribution in [2.45, 2.75) is 26.7 Å². The van der Waals surface area contributed by atoms with Crippen LogP contribution in [0.1, 0.15) is 41.9 Å². The van der Waals surface area contributed by atoms with E-state index in [0.717, 1.165) is 28.9 Å². The molecule has 0 spiro atoms. The highest BCUT2D eigenvalue weighted by Crippen LogP contribution is 2.46. The van der Waals surface area contributed by atoms with Gasteiger partial charge < -0.3 is 10.7 Å². The zero-order valence-corrected chi connectivity index (χ0v) is 15.3. The van der Waals surface area contributed by atoms with Gasteiger partial charge in [-0.05, 0) is 36.1 Å². The lowest BCUT2D eigenvalue weighted by Gasteiger charge is -2.28. The summed E-state index contributed by atoms with van der Waals surface area (Å²) >= 11 is 0. The van der Waals surface area contributed by atoms with Crippen molar-refractivity contribution >= 4 is 11.5 Å². The molecule has 0 bridgehead atoms. The average Bonchev–Trinajstić information content (AvgIpc) is 3.00. The van der Waals surface area contributed by atoms with E-state index in [0.29, 0.717) is 28.8 Å². The first kappa shape index (κ1) is 17.0. The molecule has 1 aliphatic carbocycles. The van der Waals surface area contributed by atoms with E-state index in [1.807, 2.05) is 12.1 Å². The Balaban J connectivity index is 2.09. The number of carbonyl (C=O) groups is 1. The van der Waals surface area contributed by atoms with Gasteiger partial charge in [-0.2, -0.15) is 5.26 Å². The molecule has 0 amide bonds. The first-order valence-electron chi connectivity index (χ1n) is 8.89. The van der Waals surface area contributed by atoms with E-state index in [1.54, 1.807) is 30.6 Å². The Hall–Kier alpha value is -3.39. The summed E-state index contributed by atoms with van der Waals surface area (Å²) in [5.41, 5.74) is 11.8. The predicted octanol–water partition coefficient (Wildman–Crippen LogP) is 4.35. The smallest absolute Gasteiger partial charge is 0.165 e. The van der Waals surface area contributed by atoms with E-state index in [9.17, 15) is 10.1 Å². The quantitative estimate of drug-likeness (QED) is 0.667. The van der Waals surface area contributed by atoms with Crippen LogP contribution in [0, 0.1) is 16.7 Å². The molecule has 0 saturated carbocycles. The molecule has 5 nitrogen and oxygen atoms in total. The Labute approximate surface area is 157 Å². The van der Waals surface area contributed by atoms with Gasteiger partial charge in [-0.3, -0.25) is 9.78 Å². The minimum Gasteiger partial charge on any atom is -0.398 e. The Kier molecular flexibility index (Phi) is 3.85. The Morgan fingerprint density at radius 3 is 2.56 bits per heavy atom. The molecular formula is C22H20N4O. The SMILES string of the molecule is CC1(C)CC(=O)c2c([nH]c(-c3ccncc3)c2-c2c(N)cccc2C#N)C1. The molecular weight excluding hydrogens is 336 g/mol. The van der Waals surface area contributed by atoms with Crippen molar-refractivity contribution in [2.75, 3.05) is 5.73 Å². The van der Waals surface area contributed by atoms with Crippen molar-refractivity contribution in [3.8, 4) is 28.5 Å². The number of ketones is 1. The summed E-state index contributed by atoms with van der Waals surface area (Å²) in [7, 11) is 0. The molecule has 0 saturated heterocycles. The van der Waals surface area contributed by atoms with Gasteiger partial charge in [0.15, 0.2) is 5.78 Å². The van der Waals surface area contributed by atoms with Gasteiger partial charge in [0.2, 0.25) is 0 Å². The molecule has 0 unspecified atom stereocenters. The van der Waals surface area contributed by atoms with Crippen LogP contribution in [0.15, 0.2) is 42.7 Å². The molecule has 0 radical (unpaired) electrons. The Bertz CT molecular complexity index is 1090. The molecule has 1 aliphatic rings. The molecule has 0 aliphatic heterocycles. The third-order valence-corrected chi connectivity index (χ3v) is 5.09. The summed E-state index contributed by atoms with van der Waals surface area (Å²) in [5, 5.41) is 9.65. The molecule has 0 fully saturated rings. The molecule has 1 aromatic carbocycles. The number of nitriles is 1. The number of nitrogen functional groups attached to an aromatic ring is 1. The van der Waals surface area contributed by atoms with Gasteiger partial charge in [-0.25, -0.2) is 0 Å². The molecule has 27 heavy (non-hydrogen) atoms. The molecule has 3 N–H and O–H groups in total. The molecule has 2 heterocycles. The van der Waals surface area contributed by atoms with Crippen LogP contribution in [0.3, 0.4) is 0 Å². The largest absolute Gasteiger partial charge is 0.398 e. The fourth-order valence-electron chi connectivity index (χ4n) is 3.98. The predicted molar refractivity (Wildman–Crippen MR) is 105 cm³/mol. The lowest BCUT2D eigenvalue weighted by molar-refractivity contribution is 0.0912. The number of nitrogens with zero attached hydrogens (tertiary/aromatic N) is 2. The number of hydrogen-bond donors (Lipinski definition) is 2. The molecule has 3 aromatic rings. The summed E-state index contributed by atoms with van der Waals surface area (Å²) in [6.45, 7) is 4.19. The summed E-state index contributed by atoms with van der Waals surface area (Å²) in [4.78, 5) is 20.6. The fraction of sp³-hybridized carbons (Fsp3) is 0.227. The van der Waals surface area contributed by atoms with Crippen molar-refractivity contribution in [3.05, 3.63) is 59.5 Å². The number of Topliss-reactive ketones (excluding diaryl/α,β-unsaturated/α-hetero) is 1. The maximum absolute atomic E-state index is 13.1. The zero-order valence-electron chi connectivity index (χ0n) is 15.3. The molecule has 134 valence electrons. The summed E-state index contributed by atoms with van der Waals surface area (Å²) < 4.78 is 0. The van der Waals surface area contributed by atoms with Crippen molar-refractivity contribution in [2.24, 2.45) is 5.41 Å². The van der Waals surface area contributed by atoms with Crippen molar-refractivity contribution in [1.29, 1.82) is 5.26 Å². The van der Waals surface area contributed by atoms with Crippen molar-refractivity contribution < 1.29 is 4.79 Å². The van der Waals surface area contributed by atoms with Crippen LogP contribution in [-0.2, 0) is 6.42 Å². The number of nitrogens with one attached hydrogen (secondary N) is 1. The minimum absolute atomic E-state index is 0.0833. The highest BCUT2D eigenvalue weighted by molar-refractivity contribution is 6.10. The third kappa shape index (κ3) is 2.80. The second-order valence-corrected chi connectivity index (χ2v) is 7.79. The van der Waals surface area contributed by atoms with Gasteiger partial charge in [0.1, 0.15) is 0 Å². The normalized spacial score (nSPS) is 15.2. The van der Waals surface area contributed by atoms with Gasteiger partial charge >= 0.3 is 0 Å². The van der Waals surface area contributed by atoms with E-state index < -0.39 is 0 Å². The lowest BCUT2D eigenvalue weighted by atomic mass is 9.74. The second-order valence-electron chi connectivity index (χ2n) is 7.79. The number of pyridine rings is 1. The Morgan fingerprint density at radius 1 is 1.11 bits per heavy atom. The molecule has 4 rings (SSSR count). The molecule has 0 atom stereocenters. The summed E-state index contributed by atoms with van der Waals surface area (Å²) in [6, 6.07) is 11.3. The molecule has 2 aromatic heterocycles. The summed E-state index contributed by atoms with van der Waals surface area (Å²) in [5.74, 6) is 0.0833. The number of H-pyrrole nitrogens is 1. The van der Waals surface area contributed by atoms with Gasteiger partial charge in [0, 0.05) is 52.4 Å². The Morgan fingerprint density at radius 2 is 1.85 bits per heavy atom. The zero-order chi connectivity index (χ0) is 19.2. The van der Waals surface area contributed by atoms with Crippen molar-refractivity contribution in [3.63, 3.8) is 0 Å². The number of rotatable bonds is 2. The summed E-state index contributed by atoms with van der Waals surface area (Å²) in [6.07, 6.45) is 4.66. The highest BCUT2D eigenvalue weighted by Gasteiger charge is 2.36. The number of aromatic amines is 1. The second kappa shape index (κ2) is 6.10. The van der Waals surface area contributed by atoms with Gasteiger partial charge in [-0.1, -0.05) is 19.9 Å². The van der Waals surface area contributed by atoms with E-state index in [2.05, 4.69) is 29.9 Å².